The van der Waals surface area contributed by atoms with Crippen LogP contribution in [-0.4, -0.2) is 75.3 Å². The number of fused-ring (bicyclic) bond motifs is 1. The van der Waals surface area contributed by atoms with Crippen molar-refractivity contribution in [1.29, 1.82) is 0 Å². The highest BCUT2D eigenvalue weighted by Gasteiger charge is 2.57. The van der Waals surface area contributed by atoms with Crippen LogP contribution in [-0.2, 0) is 18.9 Å². The van der Waals surface area contributed by atoms with Gasteiger partial charge in [0.1, 0.15) is 24.4 Å². The zero-order chi connectivity index (χ0) is 16.8. The van der Waals surface area contributed by atoms with Crippen LogP contribution in [0.2, 0.25) is 0 Å². The Hall–Kier alpha value is -1.59. The van der Waals surface area contributed by atoms with E-state index in [2.05, 4.69) is 15.0 Å². The maximum Gasteiger partial charge on any atom is 0.360 e. The Morgan fingerprint density at radius 3 is 2.91 bits per heavy atom. The molecule has 10 nitrogen and oxygen atoms in total. The highest BCUT2D eigenvalue weighted by molar-refractivity contribution is 5.86. The summed E-state index contributed by atoms with van der Waals surface area (Å²) in [5, 5.41) is 26.9. The molecule has 3 heterocycles. The second kappa shape index (κ2) is 5.80. The molecular formula is C13H19N3O7. The molecule has 1 aromatic rings. The van der Waals surface area contributed by atoms with Gasteiger partial charge in [0.15, 0.2) is 17.8 Å². The van der Waals surface area contributed by atoms with E-state index in [1.807, 2.05) is 0 Å². The van der Waals surface area contributed by atoms with Gasteiger partial charge in [-0.2, -0.15) is 0 Å². The third kappa shape index (κ3) is 2.83. The minimum Gasteiger partial charge on any atom is -0.464 e. The maximum atomic E-state index is 11.5. The number of rotatable bonds is 4. The van der Waals surface area contributed by atoms with Gasteiger partial charge in [-0.05, 0) is 13.8 Å². The van der Waals surface area contributed by atoms with Crippen molar-refractivity contribution in [1.82, 2.24) is 15.0 Å². The Bertz CT molecular complexity index is 590. The lowest BCUT2D eigenvalue weighted by atomic mass is 10.0. The number of ether oxygens (including phenoxy) is 4. The van der Waals surface area contributed by atoms with Gasteiger partial charge in [-0.15, -0.1) is 5.10 Å². The van der Waals surface area contributed by atoms with Crippen molar-refractivity contribution in [2.24, 2.45) is 0 Å². The molecule has 23 heavy (non-hydrogen) atoms. The van der Waals surface area contributed by atoms with E-state index < -0.39 is 49.0 Å². The third-order valence-electron chi connectivity index (χ3n) is 3.83. The van der Waals surface area contributed by atoms with Gasteiger partial charge < -0.3 is 29.2 Å². The van der Waals surface area contributed by atoms with Gasteiger partial charge >= 0.3 is 5.97 Å². The minimum absolute atomic E-state index is 0.0198. The number of nitrogens with zero attached hydrogens (tertiary/aromatic N) is 3. The van der Waals surface area contributed by atoms with Crippen molar-refractivity contribution < 1.29 is 34.0 Å². The van der Waals surface area contributed by atoms with Crippen molar-refractivity contribution in [2.45, 2.75) is 50.3 Å². The number of esters is 1. The monoisotopic (exact) mass is 329 g/mol. The van der Waals surface area contributed by atoms with E-state index in [0.717, 1.165) is 0 Å². The smallest absolute Gasteiger partial charge is 0.360 e. The van der Waals surface area contributed by atoms with E-state index in [4.69, 9.17) is 14.2 Å². The number of hydrogen-bond donors (Lipinski definition) is 2. The van der Waals surface area contributed by atoms with E-state index in [1.165, 1.54) is 18.0 Å². The zero-order valence-electron chi connectivity index (χ0n) is 12.9. The van der Waals surface area contributed by atoms with Crippen molar-refractivity contribution in [3.63, 3.8) is 0 Å². The lowest BCUT2D eigenvalue weighted by Crippen LogP contribution is -2.40. The maximum absolute atomic E-state index is 11.5. The second-order valence-electron chi connectivity index (χ2n) is 5.89. The summed E-state index contributed by atoms with van der Waals surface area (Å²) >= 11 is 0. The van der Waals surface area contributed by atoms with Crippen LogP contribution in [0.15, 0.2) is 6.20 Å². The molecule has 2 N–H and O–H groups in total. The van der Waals surface area contributed by atoms with Crippen LogP contribution in [0.5, 0.6) is 0 Å². The first-order valence-corrected chi connectivity index (χ1v) is 7.16. The second-order valence-corrected chi connectivity index (χ2v) is 5.89. The first-order chi connectivity index (χ1) is 10.9. The Morgan fingerprint density at radius 2 is 2.26 bits per heavy atom. The molecule has 3 rings (SSSR count). The van der Waals surface area contributed by atoms with Crippen LogP contribution in [0.4, 0.5) is 0 Å². The molecule has 0 saturated carbocycles. The van der Waals surface area contributed by atoms with Gasteiger partial charge in [0.2, 0.25) is 0 Å². The van der Waals surface area contributed by atoms with Crippen molar-refractivity contribution in [3.05, 3.63) is 11.9 Å². The van der Waals surface area contributed by atoms with E-state index in [-0.39, 0.29) is 5.69 Å². The summed E-state index contributed by atoms with van der Waals surface area (Å²) in [5.74, 6) is -1.48. The lowest BCUT2D eigenvalue weighted by Gasteiger charge is -2.27. The Morgan fingerprint density at radius 1 is 1.52 bits per heavy atom. The summed E-state index contributed by atoms with van der Waals surface area (Å²) in [7, 11) is 1.24. The summed E-state index contributed by atoms with van der Waals surface area (Å²) in [5.41, 5.74) is 0.0198. The molecule has 2 aliphatic rings. The number of aliphatic hydroxyl groups excluding tert-OH is 2. The molecule has 0 spiro atoms. The number of hydrogen-bond acceptors (Lipinski definition) is 9. The molecule has 0 aliphatic carbocycles. The summed E-state index contributed by atoms with van der Waals surface area (Å²) < 4.78 is 23.1. The summed E-state index contributed by atoms with van der Waals surface area (Å²) in [6.45, 7) is 2.98. The predicted octanol–water partition coefficient (Wildman–Crippen LogP) is -1.16. The fourth-order valence-electron chi connectivity index (χ4n) is 2.86. The molecule has 0 bridgehead atoms. The molecule has 0 radical (unpaired) electrons. The van der Waals surface area contributed by atoms with E-state index in [9.17, 15) is 15.0 Å². The SMILES string of the molecule is COC(=O)c1cn(C2[C@H]([C@H](O)CO)O[C@@H]3OC(C)(C)O[C@@H]23)nn1. The Kier molecular flexibility index (Phi) is 4.10. The van der Waals surface area contributed by atoms with Crippen LogP contribution >= 0.6 is 0 Å². The third-order valence-corrected chi connectivity index (χ3v) is 3.83. The molecule has 0 amide bonds. The van der Waals surface area contributed by atoms with Gasteiger partial charge in [-0.1, -0.05) is 5.21 Å². The largest absolute Gasteiger partial charge is 0.464 e. The van der Waals surface area contributed by atoms with Gasteiger partial charge in [-0.3, -0.25) is 0 Å². The van der Waals surface area contributed by atoms with Crippen molar-refractivity contribution in [2.75, 3.05) is 13.7 Å². The van der Waals surface area contributed by atoms with Gasteiger partial charge in [-0.25, -0.2) is 9.48 Å². The fourth-order valence-corrected chi connectivity index (χ4v) is 2.86. The number of methoxy groups -OCH3 is 1. The number of aliphatic hydroxyl groups is 2. The topological polar surface area (TPSA) is 125 Å². The van der Waals surface area contributed by atoms with E-state index in [1.54, 1.807) is 13.8 Å². The predicted molar refractivity (Wildman–Crippen MR) is 72.2 cm³/mol. The molecule has 1 aromatic heterocycles. The van der Waals surface area contributed by atoms with Crippen LogP contribution < -0.4 is 0 Å². The first-order valence-electron chi connectivity index (χ1n) is 7.16. The standard InChI is InChI=1S/C13H19N3O7/c1-13(2)22-10-8(9(7(18)5-17)21-12(10)23-13)16-4-6(14-15-16)11(19)20-3/h4,7-10,12,17-18H,5H2,1-3H3/t7-,8?,9+,10+,12-/m1/s1. The Labute approximate surface area is 131 Å². The highest BCUT2D eigenvalue weighted by atomic mass is 16.8. The van der Waals surface area contributed by atoms with Crippen molar-refractivity contribution >= 4 is 5.97 Å². The van der Waals surface area contributed by atoms with E-state index >= 15 is 0 Å². The number of carbonyl (C=O) groups excluding carboxylic acids is 1. The van der Waals surface area contributed by atoms with E-state index in [0.29, 0.717) is 0 Å². The summed E-state index contributed by atoms with van der Waals surface area (Å²) in [4.78, 5) is 11.5. The quantitative estimate of drug-likeness (QED) is 0.658. The van der Waals surface area contributed by atoms with Crippen LogP contribution in [0.3, 0.4) is 0 Å². The minimum atomic E-state index is -1.16. The molecule has 2 fully saturated rings. The first kappa shape index (κ1) is 16.3. The molecule has 0 aromatic carbocycles. The zero-order valence-corrected chi connectivity index (χ0v) is 12.9. The molecular weight excluding hydrogens is 310 g/mol. The number of aromatic nitrogens is 3. The molecule has 1 unspecified atom stereocenters. The Balaban J connectivity index is 1.91. The average molecular weight is 329 g/mol. The van der Waals surface area contributed by atoms with Crippen LogP contribution in [0.25, 0.3) is 0 Å². The van der Waals surface area contributed by atoms with Gasteiger partial charge in [0.25, 0.3) is 0 Å². The van der Waals surface area contributed by atoms with Gasteiger partial charge in [0.05, 0.1) is 19.9 Å². The molecule has 10 heteroatoms. The molecule has 5 atom stereocenters. The summed E-state index contributed by atoms with van der Waals surface area (Å²) in [6.07, 6.45) is -1.88. The molecule has 2 aliphatic heterocycles. The van der Waals surface area contributed by atoms with Crippen LogP contribution in [0, 0.1) is 0 Å². The van der Waals surface area contributed by atoms with Crippen molar-refractivity contribution in [3.8, 4) is 0 Å². The lowest BCUT2D eigenvalue weighted by molar-refractivity contribution is -0.221. The molecule has 2 saturated heterocycles. The average Bonchev–Trinajstić information content (AvgIpc) is 3.17. The fraction of sp³-hybridized carbons (Fsp3) is 0.769. The highest BCUT2D eigenvalue weighted by Crippen LogP contribution is 2.43. The normalized spacial score (nSPS) is 33.4. The summed E-state index contributed by atoms with van der Waals surface area (Å²) in [6, 6.07) is -0.616. The van der Waals surface area contributed by atoms with Gasteiger partial charge in [0, 0.05) is 0 Å². The van der Waals surface area contributed by atoms with Crippen LogP contribution in [0.1, 0.15) is 30.4 Å². The number of carbonyl (C=O) groups is 1. The molecule has 128 valence electrons.